The third-order valence-electron chi connectivity index (χ3n) is 4.13. The lowest BCUT2D eigenvalue weighted by Gasteiger charge is -2.12. The van der Waals surface area contributed by atoms with Crippen LogP contribution in [0.15, 0.2) is 60.0 Å². The smallest absolute Gasteiger partial charge is 0.191 e. The zero-order chi connectivity index (χ0) is 16.8. The van der Waals surface area contributed by atoms with Gasteiger partial charge in [-0.3, -0.25) is 4.99 Å². The summed E-state index contributed by atoms with van der Waals surface area (Å²) in [4.78, 5) is 4.28. The fourth-order valence-corrected chi connectivity index (χ4v) is 2.86. The van der Waals surface area contributed by atoms with E-state index >= 15 is 0 Å². The average molecular weight is 451 g/mol. The van der Waals surface area contributed by atoms with Gasteiger partial charge in [0.05, 0.1) is 0 Å². The Labute approximate surface area is 166 Å². The number of nitrogens with zero attached hydrogens (tertiary/aromatic N) is 3. The van der Waals surface area contributed by atoms with Crippen molar-refractivity contribution in [1.29, 1.82) is 0 Å². The van der Waals surface area contributed by atoms with Crippen LogP contribution in [0.25, 0.3) is 10.9 Å². The number of halogens is 1. The number of hydrogen-bond donors (Lipinski definition) is 2. The first-order valence-electron chi connectivity index (χ1n) is 8.35. The quantitative estimate of drug-likeness (QED) is 0.261. The molecule has 0 aliphatic carbocycles. The molecule has 134 valence electrons. The topological polar surface area (TPSA) is 46.3 Å². The summed E-state index contributed by atoms with van der Waals surface area (Å²) in [5.41, 5.74) is 2.54. The first kappa shape index (κ1) is 19.4. The number of benzene rings is 1. The minimum atomic E-state index is 0. The predicted molar refractivity (Wildman–Crippen MR) is 116 cm³/mol. The van der Waals surface area contributed by atoms with Crippen molar-refractivity contribution in [2.45, 2.75) is 19.5 Å². The maximum atomic E-state index is 4.28. The summed E-state index contributed by atoms with van der Waals surface area (Å²) >= 11 is 0. The lowest BCUT2D eigenvalue weighted by atomic mass is 10.2. The Morgan fingerprint density at radius 2 is 1.92 bits per heavy atom. The summed E-state index contributed by atoms with van der Waals surface area (Å²) < 4.78 is 4.35. The Morgan fingerprint density at radius 3 is 2.68 bits per heavy atom. The number of rotatable bonds is 6. The Kier molecular flexibility index (Phi) is 7.36. The van der Waals surface area contributed by atoms with Crippen LogP contribution in [0.4, 0.5) is 0 Å². The summed E-state index contributed by atoms with van der Waals surface area (Å²) in [6.45, 7) is 2.67. The highest BCUT2D eigenvalue weighted by Crippen LogP contribution is 2.15. The average Bonchev–Trinajstić information content (AvgIpc) is 3.20. The first-order valence-corrected chi connectivity index (χ1v) is 8.35. The number of para-hydroxylation sites is 1. The molecule has 2 N–H and O–H groups in total. The highest BCUT2D eigenvalue weighted by Gasteiger charge is 2.01. The van der Waals surface area contributed by atoms with Crippen LogP contribution >= 0.6 is 24.0 Å². The molecule has 0 atom stereocenters. The Morgan fingerprint density at radius 1 is 1.08 bits per heavy atom. The third kappa shape index (κ3) is 5.26. The minimum absolute atomic E-state index is 0. The van der Waals surface area contributed by atoms with E-state index in [2.05, 4.69) is 79.7 Å². The Balaban J connectivity index is 0.00000225. The summed E-state index contributed by atoms with van der Waals surface area (Å²) in [7, 11) is 3.83. The van der Waals surface area contributed by atoms with Gasteiger partial charge in [-0.15, -0.1) is 24.0 Å². The lowest BCUT2D eigenvalue weighted by Crippen LogP contribution is -2.37. The van der Waals surface area contributed by atoms with Gasteiger partial charge < -0.3 is 19.8 Å². The highest BCUT2D eigenvalue weighted by molar-refractivity contribution is 14.0. The maximum absolute atomic E-state index is 4.28. The summed E-state index contributed by atoms with van der Waals surface area (Å²) in [6, 6.07) is 12.8. The van der Waals surface area contributed by atoms with Crippen molar-refractivity contribution in [2.24, 2.45) is 12.0 Å². The molecule has 0 bridgehead atoms. The SMILES string of the molecule is CN=C(NCCCn1ccc2ccccc21)NCc1ccn(C)c1.I. The van der Waals surface area contributed by atoms with Crippen molar-refractivity contribution >= 4 is 40.8 Å². The second-order valence-electron chi connectivity index (χ2n) is 5.96. The molecule has 0 unspecified atom stereocenters. The molecule has 6 heteroatoms. The third-order valence-corrected chi connectivity index (χ3v) is 4.13. The normalized spacial score (nSPS) is 11.4. The van der Waals surface area contributed by atoms with E-state index in [9.17, 15) is 0 Å². The van der Waals surface area contributed by atoms with Gasteiger partial charge in [-0.1, -0.05) is 18.2 Å². The fraction of sp³-hybridized carbons (Fsp3) is 0.316. The molecule has 3 aromatic rings. The van der Waals surface area contributed by atoms with Crippen LogP contribution in [0.3, 0.4) is 0 Å². The molecule has 1 aromatic carbocycles. The van der Waals surface area contributed by atoms with E-state index in [4.69, 9.17) is 0 Å². The molecular weight excluding hydrogens is 425 g/mol. The number of nitrogens with one attached hydrogen (secondary N) is 2. The van der Waals surface area contributed by atoms with Gasteiger partial charge in [0.15, 0.2) is 5.96 Å². The Bertz CT molecular complexity index is 818. The van der Waals surface area contributed by atoms with Crippen LogP contribution in [-0.4, -0.2) is 28.7 Å². The number of aliphatic imine (C=N–C) groups is 1. The van der Waals surface area contributed by atoms with Crippen molar-refractivity contribution in [3.8, 4) is 0 Å². The number of aryl methyl sites for hydroxylation is 2. The van der Waals surface area contributed by atoms with Crippen molar-refractivity contribution in [3.05, 3.63) is 60.6 Å². The fourth-order valence-electron chi connectivity index (χ4n) is 2.86. The molecule has 0 amide bonds. The molecule has 0 fully saturated rings. The molecule has 3 rings (SSSR count). The Hall–Kier alpha value is -1.96. The van der Waals surface area contributed by atoms with Crippen LogP contribution in [-0.2, 0) is 20.1 Å². The van der Waals surface area contributed by atoms with Crippen LogP contribution < -0.4 is 10.6 Å². The van der Waals surface area contributed by atoms with Gasteiger partial charge in [0.1, 0.15) is 0 Å². The molecule has 2 heterocycles. The molecule has 0 saturated heterocycles. The van der Waals surface area contributed by atoms with E-state index in [1.807, 2.05) is 7.05 Å². The van der Waals surface area contributed by atoms with Gasteiger partial charge in [-0.2, -0.15) is 0 Å². The summed E-state index contributed by atoms with van der Waals surface area (Å²) in [5.74, 6) is 0.844. The minimum Gasteiger partial charge on any atom is -0.357 e. The van der Waals surface area contributed by atoms with Crippen molar-refractivity contribution in [2.75, 3.05) is 13.6 Å². The number of guanidine groups is 1. The van der Waals surface area contributed by atoms with E-state index in [1.165, 1.54) is 16.5 Å². The van der Waals surface area contributed by atoms with E-state index in [0.29, 0.717) is 0 Å². The van der Waals surface area contributed by atoms with Crippen LogP contribution in [0.2, 0.25) is 0 Å². The number of fused-ring (bicyclic) bond motifs is 1. The molecule has 0 radical (unpaired) electrons. The van der Waals surface area contributed by atoms with Crippen LogP contribution in [0, 0.1) is 0 Å². The molecule has 5 nitrogen and oxygen atoms in total. The standard InChI is InChI=1S/C19H25N5.HI/c1-20-19(22-14-16-8-12-23(2)15-16)21-10-5-11-24-13-9-17-6-3-4-7-18(17)24;/h3-4,6-9,12-13,15H,5,10-11,14H2,1-2H3,(H2,20,21,22);1H. The van der Waals surface area contributed by atoms with Crippen molar-refractivity contribution in [3.63, 3.8) is 0 Å². The molecular formula is C19H26IN5. The van der Waals surface area contributed by atoms with Gasteiger partial charge in [-0.25, -0.2) is 0 Å². The van der Waals surface area contributed by atoms with Crippen LogP contribution in [0.1, 0.15) is 12.0 Å². The van der Waals surface area contributed by atoms with E-state index < -0.39 is 0 Å². The molecule has 0 aliphatic heterocycles. The molecule has 25 heavy (non-hydrogen) atoms. The number of aromatic nitrogens is 2. The monoisotopic (exact) mass is 451 g/mol. The molecule has 2 aromatic heterocycles. The molecule has 0 saturated carbocycles. The largest absolute Gasteiger partial charge is 0.357 e. The molecule has 0 spiro atoms. The van der Waals surface area contributed by atoms with Gasteiger partial charge in [0.2, 0.25) is 0 Å². The van der Waals surface area contributed by atoms with Gasteiger partial charge in [0, 0.05) is 57.8 Å². The van der Waals surface area contributed by atoms with Gasteiger partial charge in [0.25, 0.3) is 0 Å². The zero-order valence-electron chi connectivity index (χ0n) is 14.8. The maximum Gasteiger partial charge on any atom is 0.191 e. The lowest BCUT2D eigenvalue weighted by molar-refractivity contribution is 0.640. The first-order chi connectivity index (χ1) is 11.8. The highest BCUT2D eigenvalue weighted by atomic mass is 127. The molecule has 0 aliphatic rings. The summed E-state index contributed by atoms with van der Waals surface area (Å²) in [6.07, 6.45) is 7.36. The van der Waals surface area contributed by atoms with Crippen molar-refractivity contribution in [1.82, 2.24) is 19.8 Å². The van der Waals surface area contributed by atoms with E-state index in [1.54, 1.807) is 7.05 Å². The van der Waals surface area contributed by atoms with E-state index in [0.717, 1.165) is 32.0 Å². The van der Waals surface area contributed by atoms with Gasteiger partial charge >= 0.3 is 0 Å². The summed E-state index contributed by atoms with van der Waals surface area (Å²) in [5, 5.41) is 8.01. The predicted octanol–water partition coefficient (Wildman–Crippen LogP) is 3.35. The van der Waals surface area contributed by atoms with E-state index in [-0.39, 0.29) is 24.0 Å². The second kappa shape index (κ2) is 9.50. The second-order valence-corrected chi connectivity index (χ2v) is 5.96. The zero-order valence-corrected chi connectivity index (χ0v) is 17.1. The van der Waals surface area contributed by atoms with Gasteiger partial charge in [-0.05, 0) is 35.6 Å². The van der Waals surface area contributed by atoms with Crippen LogP contribution in [0.5, 0.6) is 0 Å². The van der Waals surface area contributed by atoms with Crippen molar-refractivity contribution < 1.29 is 0 Å². The number of hydrogen-bond acceptors (Lipinski definition) is 1.